The lowest BCUT2D eigenvalue weighted by Gasteiger charge is -2.08. The van der Waals surface area contributed by atoms with Crippen LogP contribution in [-0.2, 0) is 0 Å². The fraction of sp³-hybridized carbons (Fsp3) is 0.133. The molecule has 2 aromatic rings. The first kappa shape index (κ1) is 15.0. The van der Waals surface area contributed by atoms with Gasteiger partial charge in [-0.05, 0) is 30.7 Å². The maximum absolute atomic E-state index is 12.1. The number of carbonyl (C=O) groups is 1. The molecule has 1 amide bonds. The third-order valence-corrected chi connectivity index (χ3v) is 2.99. The van der Waals surface area contributed by atoms with Crippen LogP contribution in [0.2, 0.25) is 5.02 Å². The predicted octanol–water partition coefficient (Wildman–Crippen LogP) is 3.29. The van der Waals surface area contributed by atoms with E-state index >= 15 is 0 Å². The van der Waals surface area contributed by atoms with Gasteiger partial charge in [0.15, 0.2) is 0 Å². The summed E-state index contributed by atoms with van der Waals surface area (Å²) in [6, 6.07) is 5.27. The van der Waals surface area contributed by atoms with Crippen LogP contribution in [0.4, 0.5) is 11.6 Å². The molecule has 0 spiro atoms. The zero-order valence-electron chi connectivity index (χ0n) is 11.6. The van der Waals surface area contributed by atoms with Crippen LogP contribution in [-0.4, -0.2) is 22.4 Å². The maximum Gasteiger partial charge on any atom is 0.258 e. The minimum atomic E-state index is -0.268. The summed E-state index contributed by atoms with van der Waals surface area (Å²) < 4.78 is 0. The van der Waals surface area contributed by atoms with E-state index in [4.69, 9.17) is 11.6 Å². The fourth-order valence-corrected chi connectivity index (χ4v) is 1.89. The molecular weight excluding hydrogens is 288 g/mol. The second kappa shape index (κ2) is 6.85. The van der Waals surface area contributed by atoms with Gasteiger partial charge in [0.1, 0.15) is 0 Å². The monoisotopic (exact) mass is 302 g/mol. The number of nitrogens with one attached hydrogen (secondary N) is 2. The van der Waals surface area contributed by atoms with E-state index in [-0.39, 0.29) is 5.91 Å². The van der Waals surface area contributed by atoms with Gasteiger partial charge >= 0.3 is 0 Å². The van der Waals surface area contributed by atoms with E-state index in [1.807, 2.05) is 6.92 Å². The number of benzene rings is 1. The molecule has 0 fully saturated rings. The van der Waals surface area contributed by atoms with Crippen molar-refractivity contribution in [1.29, 1.82) is 0 Å². The van der Waals surface area contributed by atoms with Crippen molar-refractivity contribution < 1.29 is 4.79 Å². The van der Waals surface area contributed by atoms with Gasteiger partial charge in [-0.3, -0.25) is 4.79 Å². The molecule has 2 rings (SSSR count). The number of carbonyl (C=O) groups excluding carboxylic acids is 1. The first-order valence-electron chi connectivity index (χ1n) is 6.34. The number of amides is 1. The van der Waals surface area contributed by atoms with Crippen LogP contribution in [0.3, 0.4) is 0 Å². The fourth-order valence-electron chi connectivity index (χ4n) is 1.66. The molecule has 108 valence electrons. The average molecular weight is 303 g/mol. The van der Waals surface area contributed by atoms with Gasteiger partial charge in [0.2, 0.25) is 5.95 Å². The van der Waals surface area contributed by atoms with Crippen LogP contribution in [0.1, 0.15) is 15.9 Å². The van der Waals surface area contributed by atoms with Gasteiger partial charge in [-0.25, -0.2) is 9.97 Å². The van der Waals surface area contributed by atoms with Crippen molar-refractivity contribution >= 4 is 29.1 Å². The van der Waals surface area contributed by atoms with E-state index in [2.05, 4.69) is 27.2 Å². The Labute approximate surface area is 128 Å². The van der Waals surface area contributed by atoms with Gasteiger partial charge in [0, 0.05) is 29.6 Å². The van der Waals surface area contributed by atoms with E-state index in [1.54, 1.807) is 24.3 Å². The third kappa shape index (κ3) is 4.03. The number of hydrogen-bond donors (Lipinski definition) is 2. The van der Waals surface area contributed by atoms with Crippen molar-refractivity contribution in [3.8, 4) is 0 Å². The third-order valence-electron chi connectivity index (χ3n) is 2.76. The highest BCUT2D eigenvalue weighted by Crippen LogP contribution is 2.20. The molecule has 0 atom stereocenters. The van der Waals surface area contributed by atoms with E-state index in [1.165, 1.54) is 12.4 Å². The molecule has 0 aliphatic rings. The van der Waals surface area contributed by atoms with Crippen molar-refractivity contribution in [3.63, 3.8) is 0 Å². The number of anilines is 2. The average Bonchev–Trinajstić information content (AvgIpc) is 2.48. The molecule has 5 nitrogen and oxygen atoms in total. The van der Waals surface area contributed by atoms with Crippen LogP contribution >= 0.6 is 11.6 Å². The number of rotatable bonds is 5. The van der Waals surface area contributed by atoms with Gasteiger partial charge in [0.25, 0.3) is 5.91 Å². The molecule has 0 radical (unpaired) electrons. The maximum atomic E-state index is 12.1. The van der Waals surface area contributed by atoms with Gasteiger partial charge in [-0.1, -0.05) is 17.7 Å². The van der Waals surface area contributed by atoms with E-state index in [9.17, 15) is 4.79 Å². The lowest BCUT2D eigenvalue weighted by atomic mass is 10.2. The van der Waals surface area contributed by atoms with Crippen LogP contribution in [0.25, 0.3) is 0 Å². The summed E-state index contributed by atoms with van der Waals surface area (Å²) in [4.78, 5) is 20.2. The second-order valence-corrected chi connectivity index (χ2v) is 4.81. The van der Waals surface area contributed by atoms with E-state index < -0.39 is 0 Å². The van der Waals surface area contributed by atoms with Crippen molar-refractivity contribution in [2.24, 2.45) is 0 Å². The Morgan fingerprint density at radius 3 is 2.71 bits per heavy atom. The number of nitrogens with zero attached hydrogens (tertiary/aromatic N) is 2. The van der Waals surface area contributed by atoms with Gasteiger partial charge in [-0.15, -0.1) is 6.58 Å². The van der Waals surface area contributed by atoms with Crippen LogP contribution in [0, 0.1) is 6.92 Å². The van der Waals surface area contributed by atoms with Crippen LogP contribution < -0.4 is 10.6 Å². The van der Waals surface area contributed by atoms with Gasteiger partial charge in [-0.2, -0.15) is 0 Å². The molecule has 21 heavy (non-hydrogen) atoms. The topological polar surface area (TPSA) is 66.9 Å². The van der Waals surface area contributed by atoms with Crippen molar-refractivity contribution in [3.05, 3.63) is 59.4 Å². The molecule has 0 unspecified atom stereocenters. The van der Waals surface area contributed by atoms with E-state index in [0.29, 0.717) is 28.8 Å². The highest BCUT2D eigenvalue weighted by atomic mass is 35.5. The summed E-state index contributed by atoms with van der Waals surface area (Å²) in [5.41, 5.74) is 1.98. The summed E-state index contributed by atoms with van der Waals surface area (Å²) in [6.07, 6.45) is 4.64. The molecule has 0 aliphatic heterocycles. The molecule has 1 aromatic heterocycles. The summed E-state index contributed by atoms with van der Waals surface area (Å²) >= 11 is 5.88. The lowest BCUT2D eigenvalue weighted by molar-refractivity contribution is 0.102. The molecule has 1 heterocycles. The number of halogens is 1. The zero-order valence-corrected chi connectivity index (χ0v) is 12.3. The Morgan fingerprint density at radius 1 is 1.38 bits per heavy atom. The standard InChI is InChI=1S/C15H15ClN4O/c1-3-6-17-15-18-8-11(9-19-15)14(21)20-13-5-4-12(16)7-10(13)2/h3-5,7-9H,1,6H2,2H3,(H,20,21)(H,17,18,19). The molecule has 1 aromatic carbocycles. The smallest absolute Gasteiger partial charge is 0.258 e. The lowest BCUT2D eigenvalue weighted by Crippen LogP contribution is -2.14. The quantitative estimate of drug-likeness (QED) is 0.832. The summed E-state index contributed by atoms with van der Waals surface area (Å²) in [5.74, 6) is 0.185. The van der Waals surface area contributed by atoms with Crippen molar-refractivity contribution in [2.45, 2.75) is 6.92 Å². The zero-order chi connectivity index (χ0) is 15.2. The Hall–Kier alpha value is -2.40. The Balaban J connectivity index is 2.07. The Morgan fingerprint density at radius 2 is 2.10 bits per heavy atom. The Kier molecular flexibility index (Phi) is 4.90. The highest BCUT2D eigenvalue weighted by Gasteiger charge is 2.09. The number of hydrogen-bond acceptors (Lipinski definition) is 4. The molecule has 0 aliphatic carbocycles. The van der Waals surface area contributed by atoms with Crippen molar-refractivity contribution in [2.75, 3.05) is 17.2 Å². The largest absolute Gasteiger partial charge is 0.351 e. The number of aryl methyl sites for hydroxylation is 1. The summed E-state index contributed by atoms with van der Waals surface area (Å²) in [5, 5.41) is 6.37. The molecule has 6 heteroatoms. The molecule has 0 saturated carbocycles. The number of aromatic nitrogens is 2. The first-order valence-corrected chi connectivity index (χ1v) is 6.72. The SMILES string of the molecule is C=CCNc1ncc(C(=O)Nc2ccc(Cl)cc2C)cn1. The van der Waals surface area contributed by atoms with Crippen LogP contribution in [0.15, 0.2) is 43.2 Å². The first-order chi connectivity index (χ1) is 10.1. The van der Waals surface area contributed by atoms with E-state index in [0.717, 1.165) is 5.56 Å². The molecule has 0 bridgehead atoms. The van der Waals surface area contributed by atoms with Crippen LogP contribution in [0.5, 0.6) is 0 Å². The van der Waals surface area contributed by atoms with Gasteiger partial charge in [0.05, 0.1) is 5.56 Å². The Bertz CT molecular complexity index is 655. The molecule has 0 saturated heterocycles. The molecule has 2 N–H and O–H groups in total. The van der Waals surface area contributed by atoms with Crippen molar-refractivity contribution in [1.82, 2.24) is 9.97 Å². The minimum Gasteiger partial charge on any atom is -0.351 e. The normalized spacial score (nSPS) is 10.0. The summed E-state index contributed by atoms with van der Waals surface area (Å²) in [7, 11) is 0. The highest BCUT2D eigenvalue weighted by molar-refractivity contribution is 6.30. The van der Waals surface area contributed by atoms with Gasteiger partial charge < -0.3 is 10.6 Å². The molecular formula is C15H15ClN4O. The predicted molar refractivity (Wildman–Crippen MR) is 84.9 cm³/mol. The minimum absolute atomic E-state index is 0.268. The summed E-state index contributed by atoms with van der Waals surface area (Å²) in [6.45, 7) is 6.03. The second-order valence-electron chi connectivity index (χ2n) is 4.38.